The summed E-state index contributed by atoms with van der Waals surface area (Å²) in [5.41, 5.74) is 3.54. The van der Waals surface area contributed by atoms with Crippen LogP contribution in [0.5, 0.6) is 0 Å². The Hall–Kier alpha value is -3.82. The van der Waals surface area contributed by atoms with E-state index in [9.17, 15) is 15.8 Å². The second kappa shape index (κ2) is 13.1. The van der Waals surface area contributed by atoms with Crippen LogP contribution in [0.3, 0.4) is 0 Å². The number of methoxy groups -OCH3 is 2. The summed E-state index contributed by atoms with van der Waals surface area (Å²) in [6.45, 7) is 0.694. The zero-order valence-corrected chi connectivity index (χ0v) is 35.2. The number of ether oxygens (including phenoxy) is 2. The molecule has 0 radical (unpaired) electrons. The number of fused-ring (bicyclic) bond motifs is 9. The third kappa shape index (κ3) is 4.88. The van der Waals surface area contributed by atoms with E-state index in [2.05, 4.69) is 24.3 Å². The number of anilines is 2. The summed E-state index contributed by atoms with van der Waals surface area (Å²) in [5, 5.41) is 20.8. The van der Waals surface area contributed by atoms with E-state index in [1.54, 1.807) is 19.7 Å². The van der Waals surface area contributed by atoms with Crippen LogP contribution in [0.4, 0.5) is 26.7 Å². The van der Waals surface area contributed by atoms with Crippen molar-refractivity contribution in [3.05, 3.63) is 89.0 Å². The first-order valence-corrected chi connectivity index (χ1v) is 26.9. The normalized spacial score (nSPS) is 30.4. The molecule has 2 saturated heterocycles. The van der Waals surface area contributed by atoms with Gasteiger partial charge in [0.15, 0.2) is 0 Å². The Balaban J connectivity index is 1.20. The first kappa shape index (κ1) is 35.9. The van der Waals surface area contributed by atoms with Crippen molar-refractivity contribution in [3.8, 4) is 0 Å². The quantitative estimate of drug-likeness (QED) is 0.192. The average molecular weight is 962 g/mol. The minimum atomic E-state index is -3.37. The van der Waals surface area contributed by atoms with Crippen molar-refractivity contribution >= 4 is 68.9 Å². The Morgan fingerprint density at radius 3 is 1.98 bits per heavy atom. The van der Waals surface area contributed by atoms with Crippen LogP contribution in [0.25, 0.3) is 0 Å². The Labute approximate surface area is 328 Å². The number of carbonyl (C=O) groups excluding carboxylic acids is 2. The number of hydrogen-bond donors (Lipinski definition) is 0. The van der Waals surface area contributed by atoms with Gasteiger partial charge in [0, 0.05) is 0 Å². The Morgan fingerprint density at radius 2 is 1.30 bits per heavy atom. The van der Waals surface area contributed by atoms with Crippen molar-refractivity contribution in [2.45, 2.75) is 77.4 Å². The first-order valence-electron chi connectivity index (χ1n) is 18.2. The number of para-hydroxylation sites is 2. The fourth-order valence-electron chi connectivity index (χ4n) is 10.3. The predicted molar refractivity (Wildman–Crippen MR) is 199 cm³/mol. The first-order chi connectivity index (χ1) is 26.1. The van der Waals surface area contributed by atoms with Gasteiger partial charge < -0.3 is 0 Å². The fraction of sp³-hybridized carbons (Fsp3) is 0.474. The van der Waals surface area contributed by atoms with Crippen LogP contribution in [0.15, 0.2) is 87.2 Å². The van der Waals surface area contributed by atoms with Crippen molar-refractivity contribution < 1.29 is 25.3 Å². The molecule has 6 aliphatic rings. The standard InChI is InChI=1S/C38H42N8O6Te2/c1-51-34(47)43-21-19-37(27-14-7-8-17-30(27)45(32(37)43)53(3)49)40-39-29-16-9-15-28-31(29)46(54(4)50)33-38(28,20-22-44(33)35(48)52-2)42-41-36-18-10-12-25(36)23-24-11-5-6-13-26(24)36/h5-9,11,13-17,25,32-33H,10,12,18-23H2,1-4H3/t25-,32-,33+,36+,37-,38+/m0/s1. The molecule has 282 valence electrons. The maximum absolute atomic E-state index is 14.1. The predicted octanol–water partition coefficient (Wildman–Crippen LogP) is 6.90. The summed E-state index contributed by atoms with van der Waals surface area (Å²) in [7, 11) is 2.70. The van der Waals surface area contributed by atoms with Crippen molar-refractivity contribution in [2.24, 2.45) is 26.4 Å². The molecule has 0 aromatic heterocycles. The molecule has 14 nitrogen and oxygen atoms in total. The molecule has 2 amide bonds. The average Bonchev–Trinajstić information content (AvgIpc) is 4.00. The van der Waals surface area contributed by atoms with E-state index in [1.807, 2.05) is 48.8 Å². The summed E-state index contributed by atoms with van der Waals surface area (Å²) >= 11 is -6.50. The van der Waals surface area contributed by atoms with E-state index in [4.69, 9.17) is 29.9 Å². The van der Waals surface area contributed by atoms with Crippen LogP contribution >= 0.6 is 0 Å². The zero-order chi connectivity index (χ0) is 37.6. The number of amides is 2. The molecule has 0 unspecified atom stereocenters. The number of benzene rings is 3. The van der Waals surface area contributed by atoms with E-state index in [-0.39, 0.29) is 0 Å². The molecule has 3 fully saturated rings. The summed E-state index contributed by atoms with van der Waals surface area (Å²) in [4.78, 5) is 33.3. The van der Waals surface area contributed by atoms with Gasteiger partial charge in [-0.2, -0.15) is 0 Å². The monoisotopic (exact) mass is 966 g/mol. The molecule has 3 aromatic rings. The van der Waals surface area contributed by atoms with Gasteiger partial charge in [0.2, 0.25) is 0 Å². The van der Waals surface area contributed by atoms with E-state index in [1.165, 1.54) is 25.3 Å². The molecule has 0 spiro atoms. The molecular formula is C38H42N8O6Te2. The minimum absolute atomic E-state index is 0.337. The van der Waals surface area contributed by atoms with Gasteiger partial charge in [-0.3, -0.25) is 0 Å². The molecular weight excluding hydrogens is 920 g/mol. The number of hydrogen-bond acceptors (Lipinski definition) is 10. The molecule has 3 aromatic carbocycles. The molecule has 54 heavy (non-hydrogen) atoms. The van der Waals surface area contributed by atoms with Crippen molar-refractivity contribution in [1.29, 1.82) is 0 Å². The van der Waals surface area contributed by atoms with Crippen LogP contribution in [0.1, 0.15) is 54.4 Å². The van der Waals surface area contributed by atoms with E-state index < -0.39 is 80.7 Å². The van der Waals surface area contributed by atoms with Gasteiger partial charge in [-0.15, -0.1) is 0 Å². The third-order valence-corrected chi connectivity index (χ3v) is 17.9. The molecule has 4 heterocycles. The summed E-state index contributed by atoms with van der Waals surface area (Å²) in [6.07, 6.45) is 2.44. The van der Waals surface area contributed by atoms with Gasteiger partial charge in [0.1, 0.15) is 0 Å². The molecule has 0 N–H and O–H groups in total. The molecule has 4 aliphatic heterocycles. The van der Waals surface area contributed by atoms with E-state index >= 15 is 0 Å². The second-order valence-electron chi connectivity index (χ2n) is 14.9. The van der Waals surface area contributed by atoms with Crippen molar-refractivity contribution in [3.63, 3.8) is 0 Å². The molecule has 1 saturated carbocycles. The van der Waals surface area contributed by atoms with Crippen molar-refractivity contribution in [2.75, 3.05) is 33.6 Å². The molecule has 16 heteroatoms. The van der Waals surface area contributed by atoms with Crippen LogP contribution in [0, 0.1) is 5.92 Å². The van der Waals surface area contributed by atoms with Gasteiger partial charge in [0.05, 0.1) is 0 Å². The number of nitrogens with zero attached hydrogens (tertiary/aromatic N) is 8. The number of carbonyl (C=O) groups is 2. The van der Waals surface area contributed by atoms with Crippen LogP contribution in [-0.4, -0.2) is 101 Å². The topological polar surface area (TPSA) is 149 Å². The Bertz CT molecular complexity index is 2190. The fourth-order valence-corrected chi connectivity index (χ4v) is 16.1. The van der Waals surface area contributed by atoms with Gasteiger partial charge >= 0.3 is 330 Å². The van der Waals surface area contributed by atoms with Gasteiger partial charge in [0.25, 0.3) is 0 Å². The number of rotatable bonds is 6. The van der Waals surface area contributed by atoms with Crippen LogP contribution < -0.4 is 6.30 Å². The third-order valence-electron chi connectivity index (χ3n) is 12.5. The van der Waals surface area contributed by atoms with Crippen molar-refractivity contribution in [1.82, 2.24) is 9.80 Å². The number of likely N-dealkylation sites (tertiary alicyclic amines) is 2. The van der Waals surface area contributed by atoms with E-state index in [0.717, 1.165) is 42.5 Å². The number of azo groups is 2. The summed E-state index contributed by atoms with van der Waals surface area (Å²) in [6, 6.07) is 22.0. The maximum atomic E-state index is 14.1. The molecule has 6 atom stereocenters. The van der Waals surface area contributed by atoms with Gasteiger partial charge in [-0.25, -0.2) is 0 Å². The SMILES string of the molecule is COC(=O)N1CC[C@@]2(N=N[C@]34CCC[C@H]3Cc3ccccc34)c3cccc(N=N[C@]45CCN(C(=O)OC)[C@H]4N([Te](C)=O)c4ccccc45)c3N([Te](C)=O)[C@@H]12. The van der Waals surface area contributed by atoms with Gasteiger partial charge in [-0.1, -0.05) is 0 Å². The van der Waals surface area contributed by atoms with Gasteiger partial charge in [-0.05, 0) is 0 Å². The Kier molecular flexibility index (Phi) is 8.73. The molecule has 2 aliphatic carbocycles. The Morgan fingerprint density at radius 1 is 0.704 bits per heavy atom. The zero-order valence-electron chi connectivity index (χ0n) is 30.6. The second-order valence-corrected chi connectivity index (χ2v) is 22.0. The summed E-state index contributed by atoms with van der Waals surface area (Å²) < 4.78 is 41.8. The summed E-state index contributed by atoms with van der Waals surface area (Å²) in [5.74, 6) is 0.344. The van der Waals surface area contributed by atoms with E-state index in [0.29, 0.717) is 43.2 Å². The molecule has 9 rings (SSSR count). The molecule has 0 bridgehead atoms. The van der Waals surface area contributed by atoms with Crippen LogP contribution in [-0.2, 0) is 38.7 Å². The van der Waals surface area contributed by atoms with Crippen LogP contribution in [0.2, 0.25) is 9.94 Å².